The summed E-state index contributed by atoms with van der Waals surface area (Å²) in [7, 11) is 0. The average Bonchev–Trinajstić information content (AvgIpc) is 2.73. The van der Waals surface area contributed by atoms with Crippen molar-refractivity contribution >= 4 is 5.91 Å². The maximum absolute atomic E-state index is 12.3. The second kappa shape index (κ2) is 5.57. The van der Waals surface area contributed by atoms with Crippen LogP contribution in [-0.2, 0) is 4.79 Å². The lowest BCUT2D eigenvalue weighted by Crippen LogP contribution is -2.57. The fraction of sp³-hybridized carbons (Fsp3) is 0.929. The van der Waals surface area contributed by atoms with E-state index in [4.69, 9.17) is 0 Å². The third-order valence-electron chi connectivity index (χ3n) is 4.36. The van der Waals surface area contributed by atoms with Gasteiger partial charge in [-0.25, -0.2) is 0 Å². The molecular weight excluding hydrogens is 226 g/mol. The number of hydrogen-bond acceptors (Lipinski definition) is 3. The summed E-state index contributed by atoms with van der Waals surface area (Å²) < 4.78 is 0. The van der Waals surface area contributed by atoms with Gasteiger partial charge in [0.2, 0.25) is 5.91 Å². The lowest BCUT2D eigenvalue weighted by Gasteiger charge is -2.34. The smallest absolute Gasteiger partial charge is 0.240 e. The van der Waals surface area contributed by atoms with E-state index in [9.17, 15) is 4.79 Å². The van der Waals surface area contributed by atoms with Gasteiger partial charge in [-0.15, -0.1) is 0 Å². The molecule has 2 atom stereocenters. The molecular formula is C14H27N3O. The third-order valence-corrected chi connectivity index (χ3v) is 4.36. The zero-order valence-electron chi connectivity index (χ0n) is 12.0. The van der Waals surface area contributed by atoms with Gasteiger partial charge in [0.15, 0.2) is 0 Å². The SMILES string of the molecule is CCNC(C)(C)C(=O)NC1CCN2CCCCC12. The Morgan fingerprint density at radius 1 is 1.28 bits per heavy atom. The van der Waals surface area contributed by atoms with Crippen LogP contribution in [0.3, 0.4) is 0 Å². The molecule has 0 radical (unpaired) electrons. The van der Waals surface area contributed by atoms with Crippen molar-refractivity contribution in [2.24, 2.45) is 0 Å². The number of carbonyl (C=O) groups excluding carboxylic acids is 1. The minimum Gasteiger partial charge on any atom is -0.350 e. The molecule has 0 saturated carbocycles. The van der Waals surface area contributed by atoms with Crippen LogP contribution in [0, 0.1) is 0 Å². The predicted molar refractivity (Wildman–Crippen MR) is 73.5 cm³/mol. The number of amides is 1. The van der Waals surface area contributed by atoms with Crippen molar-refractivity contribution in [2.75, 3.05) is 19.6 Å². The van der Waals surface area contributed by atoms with Gasteiger partial charge in [0.1, 0.15) is 0 Å². The Morgan fingerprint density at radius 2 is 2.06 bits per heavy atom. The van der Waals surface area contributed by atoms with Crippen molar-refractivity contribution in [3.8, 4) is 0 Å². The lowest BCUT2D eigenvalue weighted by atomic mass is 9.97. The molecule has 2 saturated heterocycles. The van der Waals surface area contributed by atoms with Crippen LogP contribution in [0.15, 0.2) is 0 Å². The summed E-state index contributed by atoms with van der Waals surface area (Å²) in [6.07, 6.45) is 4.98. The number of likely N-dealkylation sites (N-methyl/N-ethyl adjacent to an activating group) is 1. The maximum atomic E-state index is 12.3. The highest BCUT2D eigenvalue weighted by molar-refractivity contribution is 5.85. The number of nitrogens with zero attached hydrogens (tertiary/aromatic N) is 1. The van der Waals surface area contributed by atoms with E-state index in [1.54, 1.807) is 0 Å². The molecule has 104 valence electrons. The summed E-state index contributed by atoms with van der Waals surface area (Å²) in [5.74, 6) is 0.141. The molecule has 0 bridgehead atoms. The molecule has 2 N–H and O–H groups in total. The van der Waals surface area contributed by atoms with Crippen LogP contribution >= 0.6 is 0 Å². The fourth-order valence-electron chi connectivity index (χ4n) is 3.29. The number of hydrogen-bond donors (Lipinski definition) is 2. The monoisotopic (exact) mass is 253 g/mol. The Hall–Kier alpha value is -0.610. The van der Waals surface area contributed by atoms with Gasteiger partial charge < -0.3 is 10.6 Å². The van der Waals surface area contributed by atoms with E-state index in [0.717, 1.165) is 19.5 Å². The van der Waals surface area contributed by atoms with E-state index in [-0.39, 0.29) is 5.91 Å². The Kier molecular flexibility index (Phi) is 4.28. The van der Waals surface area contributed by atoms with Gasteiger partial charge in [-0.05, 0) is 46.2 Å². The van der Waals surface area contributed by atoms with E-state index in [0.29, 0.717) is 12.1 Å². The van der Waals surface area contributed by atoms with Gasteiger partial charge in [-0.1, -0.05) is 13.3 Å². The molecule has 4 heteroatoms. The van der Waals surface area contributed by atoms with Crippen LogP contribution in [0.5, 0.6) is 0 Å². The molecule has 0 aromatic heterocycles. The molecule has 4 nitrogen and oxygen atoms in total. The molecule has 2 aliphatic heterocycles. The second-order valence-electron chi connectivity index (χ2n) is 6.12. The van der Waals surface area contributed by atoms with E-state index < -0.39 is 5.54 Å². The molecule has 2 heterocycles. The van der Waals surface area contributed by atoms with Crippen LogP contribution in [0.2, 0.25) is 0 Å². The highest BCUT2D eigenvalue weighted by atomic mass is 16.2. The summed E-state index contributed by atoms with van der Waals surface area (Å²) in [4.78, 5) is 14.8. The Bertz CT molecular complexity index is 303. The first kappa shape index (κ1) is 13.8. The standard InChI is InChI=1S/C14H27N3O/c1-4-15-14(2,3)13(18)16-11-8-10-17-9-6-5-7-12(11)17/h11-12,15H,4-10H2,1-3H3,(H,16,18). The van der Waals surface area contributed by atoms with E-state index in [1.165, 1.54) is 25.8 Å². The van der Waals surface area contributed by atoms with E-state index >= 15 is 0 Å². The fourth-order valence-corrected chi connectivity index (χ4v) is 3.29. The molecule has 0 aromatic rings. The minimum atomic E-state index is -0.461. The van der Waals surface area contributed by atoms with Crippen molar-refractivity contribution in [1.29, 1.82) is 0 Å². The number of fused-ring (bicyclic) bond motifs is 1. The quantitative estimate of drug-likeness (QED) is 0.789. The highest BCUT2D eigenvalue weighted by Gasteiger charge is 2.38. The number of rotatable bonds is 4. The Balaban J connectivity index is 1.91. The van der Waals surface area contributed by atoms with Crippen molar-refractivity contribution in [3.05, 3.63) is 0 Å². The van der Waals surface area contributed by atoms with Crippen LogP contribution in [0.25, 0.3) is 0 Å². The molecule has 0 aromatic carbocycles. The molecule has 1 amide bonds. The maximum Gasteiger partial charge on any atom is 0.240 e. The topological polar surface area (TPSA) is 44.4 Å². The van der Waals surface area contributed by atoms with E-state index in [2.05, 4.69) is 15.5 Å². The van der Waals surface area contributed by atoms with Crippen LogP contribution in [-0.4, -0.2) is 48.1 Å². The molecule has 0 spiro atoms. The van der Waals surface area contributed by atoms with Gasteiger partial charge in [0.25, 0.3) is 0 Å². The van der Waals surface area contributed by atoms with Crippen molar-refractivity contribution in [3.63, 3.8) is 0 Å². The van der Waals surface area contributed by atoms with Gasteiger partial charge >= 0.3 is 0 Å². The van der Waals surface area contributed by atoms with Gasteiger partial charge in [0.05, 0.1) is 5.54 Å². The molecule has 2 unspecified atom stereocenters. The van der Waals surface area contributed by atoms with E-state index in [1.807, 2.05) is 20.8 Å². The number of piperidine rings is 1. The average molecular weight is 253 g/mol. The summed E-state index contributed by atoms with van der Waals surface area (Å²) in [6, 6.07) is 0.941. The summed E-state index contributed by atoms with van der Waals surface area (Å²) in [5.41, 5.74) is -0.461. The largest absolute Gasteiger partial charge is 0.350 e. The first-order valence-electron chi connectivity index (χ1n) is 7.34. The first-order valence-corrected chi connectivity index (χ1v) is 7.34. The van der Waals surface area contributed by atoms with Crippen LogP contribution in [0.4, 0.5) is 0 Å². The minimum absolute atomic E-state index is 0.141. The molecule has 2 rings (SSSR count). The lowest BCUT2D eigenvalue weighted by molar-refractivity contribution is -0.127. The van der Waals surface area contributed by atoms with Crippen molar-refractivity contribution in [1.82, 2.24) is 15.5 Å². The Morgan fingerprint density at radius 3 is 2.78 bits per heavy atom. The molecule has 2 fully saturated rings. The summed E-state index contributed by atoms with van der Waals surface area (Å²) >= 11 is 0. The molecule has 18 heavy (non-hydrogen) atoms. The predicted octanol–water partition coefficient (Wildman–Crippen LogP) is 1.12. The normalized spacial score (nSPS) is 29.1. The highest BCUT2D eigenvalue weighted by Crippen LogP contribution is 2.27. The van der Waals surface area contributed by atoms with Gasteiger partial charge in [-0.3, -0.25) is 9.69 Å². The number of nitrogens with one attached hydrogen (secondary N) is 2. The van der Waals surface area contributed by atoms with Gasteiger partial charge in [0, 0.05) is 18.6 Å². The van der Waals surface area contributed by atoms with Crippen molar-refractivity contribution < 1.29 is 4.79 Å². The summed E-state index contributed by atoms with van der Waals surface area (Å²) in [5, 5.41) is 6.50. The van der Waals surface area contributed by atoms with Crippen LogP contribution < -0.4 is 10.6 Å². The molecule has 0 aliphatic carbocycles. The zero-order valence-corrected chi connectivity index (χ0v) is 12.0. The second-order valence-corrected chi connectivity index (χ2v) is 6.12. The van der Waals surface area contributed by atoms with Crippen LogP contribution in [0.1, 0.15) is 46.5 Å². The first-order chi connectivity index (χ1) is 8.54. The zero-order chi connectivity index (χ0) is 13.2. The molecule has 2 aliphatic rings. The van der Waals surface area contributed by atoms with Crippen molar-refractivity contribution in [2.45, 2.75) is 64.1 Å². The summed E-state index contributed by atoms with van der Waals surface area (Å²) in [6.45, 7) is 9.14. The third kappa shape index (κ3) is 2.86. The Labute approximate surface area is 110 Å². The number of carbonyl (C=O) groups is 1. The van der Waals surface area contributed by atoms with Gasteiger partial charge in [-0.2, -0.15) is 0 Å².